The first-order valence-corrected chi connectivity index (χ1v) is 8.31. The van der Waals surface area contributed by atoms with Gasteiger partial charge in [0.2, 0.25) is 5.88 Å². The van der Waals surface area contributed by atoms with E-state index in [1.807, 2.05) is 13.1 Å². The third-order valence-corrected chi connectivity index (χ3v) is 3.98. The molecule has 0 aliphatic heterocycles. The molecule has 3 aromatic rings. The Balaban J connectivity index is 1.92. The fourth-order valence-corrected chi connectivity index (χ4v) is 2.65. The van der Waals surface area contributed by atoms with Gasteiger partial charge in [-0.25, -0.2) is 4.98 Å². The molecule has 0 aromatic carbocycles. The SMILES string of the molecule is COc1cccc(NC(=O)c2cn3cc(CC(C)C#N)nc3cc2OC)n1. The highest BCUT2D eigenvalue weighted by atomic mass is 16.5. The summed E-state index contributed by atoms with van der Waals surface area (Å²) in [7, 11) is 3.00. The second-order valence-electron chi connectivity index (χ2n) is 6.01. The second-order valence-corrected chi connectivity index (χ2v) is 6.01. The van der Waals surface area contributed by atoms with Crippen LogP contribution < -0.4 is 14.8 Å². The Bertz CT molecular complexity index is 1020. The predicted molar refractivity (Wildman–Crippen MR) is 99.0 cm³/mol. The summed E-state index contributed by atoms with van der Waals surface area (Å²) in [4.78, 5) is 21.4. The van der Waals surface area contributed by atoms with Gasteiger partial charge >= 0.3 is 0 Å². The van der Waals surface area contributed by atoms with Crippen molar-refractivity contribution in [3.63, 3.8) is 0 Å². The molecule has 1 amide bonds. The molecule has 0 fully saturated rings. The molecule has 27 heavy (non-hydrogen) atoms. The lowest BCUT2D eigenvalue weighted by Crippen LogP contribution is -2.15. The van der Waals surface area contributed by atoms with Gasteiger partial charge in [-0.15, -0.1) is 0 Å². The lowest BCUT2D eigenvalue weighted by atomic mass is 10.1. The molecule has 0 radical (unpaired) electrons. The Hall–Kier alpha value is -3.60. The average Bonchev–Trinajstić information content (AvgIpc) is 3.07. The van der Waals surface area contributed by atoms with Crippen LogP contribution in [0.4, 0.5) is 5.82 Å². The molecule has 1 unspecified atom stereocenters. The number of imidazole rings is 1. The Labute approximate surface area is 156 Å². The number of nitrogens with zero attached hydrogens (tertiary/aromatic N) is 4. The predicted octanol–water partition coefficient (Wildman–Crippen LogP) is 2.70. The number of rotatable bonds is 6. The van der Waals surface area contributed by atoms with Crippen molar-refractivity contribution >= 4 is 17.4 Å². The van der Waals surface area contributed by atoms with Crippen LogP contribution in [0.15, 0.2) is 36.7 Å². The van der Waals surface area contributed by atoms with Gasteiger partial charge in [-0.3, -0.25) is 4.79 Å². The standard InChI is InChI=1S/C19H19N5O3/c1-12(9-20)7-13-10-24-11-14(15(26-2)8-17(24)21-13)19(25)23-16-5-4-6-18(22-16)27-3/h4-6,8,10-12H,7H2,1-3H3,(H,22,23,25). The van der Waals surface area contributed by atoms with Gasteiger partial charge in [0.1, 0.15) is 17.2 Å². The zero-order valence-electron chi connectivity index (χ0n) is 15.3. The van der Waals surface area contributed by atoms with Gasteiger partial charge in [0.15, 0.2) is 0 Å². The fourth-order valence-electron chi connectivity index (χ4n) is 2.65. The zero-order chi connectivity index (χ0) is 19.4. The normalized spacial score (nSPS) is 11.6. The van der Waals surface area contributed by atoms with E-state index >= 15 is 0 Å². The van der Waals surface area contributed by atoms with Crippen LogP contribution in [0.1, 0.15) is 23.0 Å². The van der Waals surface area contributed by atoms with E-state index in [4.69, 9.17) is 14.7 Å². The number of amides is 1. The number of fused-ring (bicyclic) bond motifs is 1. The Morgan fingerprint density at radius 2 is 2.11 bits per heavy atom. The first-order chi connectivity index (χ1) is 13.0. The van der Waals surface area contributed by atoms with Crippen molar-refractivity contribution < 1.29 is 14.3 Å². The number of nitriles is 1. The molecule has 3 rings (SSSR count). The van der Waals surface area contributed by atoms with E-state index in [9.17, 15) is 4.79 Å². The molecular weight excluding hydrogens is 346 g/mol. The molecule has 0 spiro atoms. The quantitative estimate of drug-likeness (QED) is 0.721. The van der Waals surface area contributed by atoms with Gasteiger partial charge < -0.3 is 19.2 Å². The maximum absolute atomic E-state index is 12.7. The number of hydrogen-bond acceptors (Lipinski definition) is 6. The zero-order valence-corrected chi connectivity index (χ0v) is 15.3. The van der Waals surface area contributed by atoms with Gasteiger partial charge in [-0.05, 0) is 13.0 Å². The van der Waals surface area contributed by atoms with Crippen LogP contribution in [0.2, 0.25) is 0 Å². The number of pyridine rings is 2. The number of aromatic nitrogens is 3. The van der Waals surface area contributed by atoms with E-state index in [0.717, 1.165) is 5.69 Å². The topological polar surface area (TPSA) is 102 Å². The number of nitrogens with one attached hydrogen (secondary N) is 1. The van der Waals surface area contributed by atoms with Crippen LogP contribution in [0.3, 0.4) is 0 Å². The highest BCUT2D eigenvalue weighted by molar-refractivity contribution is 6.05. The largest absolute Gasteiger partial charge is 0.496 e. The molecule has 138 valence electrons. The molecule has 0 saturated heterocycles. The monoisotopic (exact) mass is 365 g/mol. The summed E-state index contributed by atoms with van der Waals surface area (Å²) in [6, 6.07) is 8.98. The molecule has 1 atom stereocenters. The van der Waals surface area contributed by atoms with Crippen molar-refractivity contribution in [2.24, 2.45) is 5.92 Å². The minimum absolute atomic E-state index is 0.140. The summed E-state index contributed by atoms with van der Waals surface area (Å²) in [6.45, 7) is 1.84. The van der Waals surface area contributed by atoms with Crippen LogP contribution in [0.25, 0.3) is 5.65 Å². The lowest BCUT2D eigenvalue weighted by Gasteiger charge is -2.10. The average molecular weight is 365 g/mol. The van der Waals surface area contributed by atoms with E-state index in [1.54, 1.807) is 34.9 Å². The Kier molecular flexibility index (Phi) is 5.22. The van der Waals surface area contributed by atoms with Crippen molar-refractivity contribution in [1.82, 2.24) is 14.4 Å². The molecule has 3 aromatic heterocycles. The lowest BCUT2D eigenvalue weighted by molar-refractivity contribution is 0.102. The number of hydrogen-bond donors (Lipinski definition) is 1. The van der Waals surface area contributed by atoms with Crippen LogP contribution >= 0.6 is 0 Å². The van der Waals surface area contributed by atoms with Gasteiger partial charge in [-0.1, -0.05) is 6.07 Å². The minimum Gasteiger partial charge on any atom is -0.496 e. The van der Waals surface area contributed by atoms with Crippen molar-refractivity contribution in [2.75, 3.05) is 19.5 Å². The fraction of sp³-hybridized carbons (Fsp3) is 0.263. The summed E-state index contributed by atoms with van der Waals surface area (Å²) in [5, 5.41) is 11.7. The first-order valence-electron chi connectivity index (χ1n) is 8.31. The number of methoxy groups -OCH3 is 2. The first kappa shape index (κ1) is 18.2. The van der Waals surface area contributed by atoms with E-state index in [0.29, 0.717) is 35.1 Å². The van der Waals surface area contributed by atoms with E-state index in [1.165, 1.54) is 14.2 Å². The van der Waals surface area contributed by atoms with Crippen molar-refractivity contribution in [3.8, 4) is 17.7 Å². The number of anilines is 1. The molecular formula is C19H19N5O3. The third kappa shape index (κ3) is 3.98. The molecule has 1 N–H and O–H groups in total. The Morgan fingerprint density at radius 3 is 2.81 bits per heavy atom. The van der Waals surface area contributed by atoms with Crippen LogP contribution in [-0.2, 0) is 6.42 Å². The van der Waals surface area contributed by atoms with Crippen molar-refractivity contribution in [2.45, 2.75) is 13.3 Å². The number of carbonyl (C=O) groups excluding carboxylic acids is 1. The smallest absolute Gasteiger partial charge is 0.262 e. The van der Waals surface area contributed by atoms with Crippen LogP contribution in [-0.4, -0.2) is 34.5 Å². The second kappa shape index (κ2) is 7.74. The van der Waals surface area contributed by atoms with Crippen molar-refractivity contribution in [1.29, 1.82) is 5.26 Å². The molecule has 8 nitrogen and oxygen atoms in total. The van der Waals surface area contributed by atoms with Crippen LogP contribution in [0, 0.1) is 17.2 Å². The van der Waals surface area contributed by atoms with Crippen LogP contribution in [0.5, 0.6) is 11.6 Å². The molecule has 0 bridgehead atoms. The highest BCUT2D eigenvalue weighted by Crippen LogP contribution is 2.23. The van der Waals surface area contributed by atoms with E-state index < -0.39 is 0 Å². The summed E-state index contributed by atoms with van der Waals surface area (Å²) in [5.74, 6) is 0.666. The summed E-state index contributed by atoms with van der Waals surface area (Å²) < 4.78 is 12.2. The van der Waals surface area contributed by atoms with Gasteiger partial charge in [0.05, 0.1) is 31.5 Å². The highest BCUT2D eigenvalue weighted by Gasteiger charge is 2.17. The summed E-state index contributed by atoms with van der Waals surface area (Å²) in [6.07, 6.45) is 4.00. The maximum atomic E-state index is 12.7. The molecule has 8 heteroatoms. The van der Waals surface area contributed by atoms with Gasteiger partial charge in [-0.2, -0.15) is 10.2 Å². The van der Waals surface area contributed by atoms with Gasteiger partial charge in [0, 0.05) is 36.9 Å². The summed E-state index contributed by atoms with van der Waals surface area (Å²) in [5.41, 5.74) is 1.76. The van der Waals surface area contributed by atoms with Crippen molar-refractivity contribution in [3.05, 3.63) is 47.9 Å². The minimum atomic E-state index is -0.366. The molecule has 3 heterocycles. The maximum Gasteiger partial charge on any atom is 0.262 e. The third-order valence-electron chi connectivity index (χ3n) is 3.98. The molecule has 0 saturated carbocycles. The molecule has 0 aliphatic rings. The number of ether oxygens (including phenoxy) is 2. The molecule has 0 aliphatic carbocycles. The number of carbonyl (C=O) groups is 1. The Morgan fingerprint density at radius 1 is 1.30 bits per heavy atom. The van der Waals surface area contributed by atoms with E-state index in [-0.39, 0.29) is 11.8 Å². The van der Waals surface area contributed by atoms with Gasteiger partial charge in [0.25, 0.3) is 5.91 Å². The summed E-state index contributed by atoms with van der Waals surface area (Å²) >= 11 is 0. The van der Waals surface area contributed by atoms with E-state index in [2.05, 4.69) is 21.4 Å².